The van der Waals surface area contributed by atoms with Crippen LogP contribution in [-0.4, -0.2) is 33.0 Å². The number of hydrogen-bond acceptors (Lipinski definition) is 4. The van der Waals surface area contributed by atoms with Crippen LogP contribution in [0.15, 0.2) is 59.7 Å². The SMILES string of the molecule is CCCCCCCCCCCCN1C=CC=CC1.CCCCCCCCCCCCOS(=O)(=O)c1ccccc1. The zero-order valence-electron chi connectivity index (χ0n) is 26.0. The van der Waals surface area contributed by atoms with Crippen molar-refractivity contribution in [2.75, 3.05) is 19.7 Å². The predicted molar refractivity (Wildman–Crippen MR) is 173 cm³/mol. The van der Waals surface area contributed by atoms with Gasteiger partial charge in [0.2, 0.25) is 0 Å². The highest BCUT2D eigenvalue weighted by Gasteiger charge is 2.13. The smallest absolute Gasteiger partial charge is 0.296 e. The molecule has 5 heteroatoms. The summed E-state index contributed by atoms with van der Waals surface area (Å²) in [6, 6.07) is 8.33. The Bertz CT molecular complexity index is 835. The van der Waals surface area contributed by atoms with Crippen molar-refractivity contribution >= 4 is 10.1 Å². The summed E-state index contributed by atoms with van der Waals surface area (Å²) in [5, 5.41) is 0. The van der Waals surface area contributed by atoms with E-state index in [4.69, 9.17) is 4.18 Å². The van der Waals surface area contributed by atoms with Crippen LogP contribution < -0.4 is 0 Å². The molecule has 40 heavy (non-hydrogen) atoms. The maximum Gasteiger partial charge on any atom is 0.296 e. The summed E-state index contributed by atoms with van der Waals surface area (Å²) in [4.78, 5) is 2.65. The molecule has 0 atom stereocenters. The van der Waals surface area contributed by atoms with Crippen LogP contribution in [0.3, 0.4) is 0 Å². The van der Waals surface area contributed by atoms with Crippen LogP contribution in [0, 0.1) is 0 Å². The Labute approximate surface area is 248 Å². The van der Waals surface area contributed by atoms with Crippen LogP contribution in [0.2, 0.25) is 0 Å². The maximum absolute atomic E-state index is 11.9. The molecule has 0 bridgehead atoms. The van der Waals surface area contributed by atoms with E-state index in [2.05, 4.69) is 43.2 Å². The minimum absolute atomic E-state index is 0.238. The molecule has 0 spiro atoms. The fourth-order valence-electron chi connectivity index (χ4n) is 4.89. The molecule has 1 heterocycles. The van der Waals surface area contributed by atoms with Crippen molar-refractivity contribution in [3.63, 3.8) is 0 Å². The van der Waals surface area contributed by atoms with Gasteiger partial charge in [0.05, 0.1) is 11.5 Å². The minimum atomic E-state index is -3.57. The highest BCUT2D eigenvalue weighted by atomic mass is 32.2. The molecular weight excluding hydrogens is 514 g/mol. The number of allylic oxidation sites excluding steroid dienone is 2. The molecule has 0 saturated carbocycles. The summed E-state index contributed by atoms with van der Waals surface area (Å²) in [5.41, 5.74) is 0. The monoisotopic (exact) mass is 575 g/mol. The first-order valence-electron chi connectivity index (χ1n) is 16.6. The summed E-state index contributed by atoms with van der Waals surface area (Å²) >= 11 is 0. The second-order valence-electron chi connectivity index (χ2n) is 11.2. The van der Waals surface area contributed by atoms with Crippen LogP contribution in [0.25, 0.3) is 0 Å². The number of unbranched alkanes of at least 4 members (excludes halogenated alkanes) is 18. The molecular formula is C35H61NO3S. The van der Waals surface area contributed by atoms with E-state index in [1.54, 1.807) is 30.3 Å². The first-order chi connectivity index (χ1) is 19.6. The Morgan fingerprint density at radius 3 is 1.57 bits per heavy atom. The van der Waals surface area contributed by atoms with Crippen LogP contribution in [0.1, 0.15) is 142 Å². The third-order valence-electron chi connectivity index (χ3n) is 7.45. The first-order valence-corrected chi connectivity index (χ1v) is 18.0. The van der Waals surface area contributed by atoms with Crippen molar-refractivity contribution < 1.29 is 12.6 Å². The molecule has 1 aliphatic rings. The zero-order valence-corrected chi connectivity index (χ0v) is 26.9. The van der Waals surface area contributed by atoms with Gasteiger partial charge in [-0.2, -0.15) is 8.42 Å². The molecule has 1 aromatic carbocycles. The number of hydrogen-bond donors (Lipinski definition) is 0. The molecule has 0 fully saturated rings. The molecule has 0 N–H and O–H groups in total. The molecule has 0 amide bonds. The van der Waals surface area contributed by atoms with E-state index in [-0.39, 0.29) is 11.5 Å². The fourth-order valence-corrected chi connectivity index (χ4v) is 5.85. The van der Waals surface area contributed by atoms with Gasteiger partial charge in [-0.05, 0) is 37.3 Å². The molecule has 2 rings (SSSR count). The maximum atomic E-state index is 11.9. The van der Waals surface area contributed by atoms with Gasteiger partial charge < -0.3 is 4.90 Å². The van der Waals surface area contributed by atoms with Gasteiger partial charge in [-0.1, -0.05) is 160 Å². The van der Waals surface area contributed by atoms with Gasteiger partial charge in [-0.25, -0.2) is 0 Å². The first kappa shape index (κ1) is 36.4. The molecule has 0 radical (unpaired) electrons. The Morgan fingerprint density at radius 2 is 1.10 bits per heavy atom. The Balaban J connectivity index is 0.000000408. The van der Waals surface area contributed by atoms with E-state index >= 15 is 0 Å². The summed E-state index contributed by atoms with van der Waals surface area (Å²) in [6.45, 7) is 7.15. The molecule has 0 saturated heterocycles. The standard InChI is InChI=1S/C18H30O3S.C17H31N/c1-2-3-4-5-6-7-8-9-10-14-17-21-22(19,20)18-15-12-11-13-16-18;1-2-3-4-5-6-7-8-9-10-12-15-18-16-13-11-14-17-18/h11-13,15-16H,2-10,14,17H2,1H3;11,13-14,16H,2-10,12,15,17H2,1H3. The van der Waals surface area contributed by atoms with Gasteiger partial charge in [0.25, 0.3) is 10.1 Å². The normalized spacial score (nSPS) is 12.9. The largest absolute Gasteiger partial charge is 0.374 e. The third kappa shape index (κ3) is 21.2. The van der Waals surface area contributed by atoms with Crippen molar-refractivity contribution in [3.05, 3.63) is 54.8 Å². The van der Waals surface area contributed by atoms with Crippen LogP contribution in [0.4, 0.5) is 0 Å². The predicted octanol–water partition coefficient (Wildman–Crippen LogP) is 10.6. The Morgan fingerprint density at radius 1 is 0.625 bits per heavy atom. The van der Waals surface area contributed by atoms with E-state index in [9.17, 15) is 8.42 Å². The lowest BCUT2D eigenvalue weighted by molar-refractivity contribution is 0.306. The topological polar surface area (TPSA) is 46.6 Å². The summed E-state index contributed by atoms with van der Waals surface area (Å²) in [7, 11) is -3.57. The van der Waals surface area contributed by atoms with Crippen molar-refractivity contribution in [2.45, 2.75) is 147 Å². The fraction of sp³-hybridized carbons (Fsp3) is 0.714. The van der Waals surface area contributed by atoms with Gasteiger partial charge in [-0.3, -0.25) is 4.18 Å². The molecule has 0 unspecified atom stereocenters. The number of benzene rings is 1. The van der Waals surface area contributed by atoms with Crippen molar-refractivity contribution in [2.24, 2.45) is 0 Å². The molecule has 230 valence electrons. The summed E-state index contributed by atoms with van der Waals surface area (Å²) in [5.74, 6) is 0. The highest BCUT2D eigenvalue weighted by molar-refractivity contribution is 7.86. The second-order valence-corrected chi connectivity index (χ2v) is 12.8. The second kappa shape index (κ2) is 26.3. The summed E-state index contributed by atoms with van der Waals surface area (Å²) < 4.78 is 28.8. The summed E-state index contributed by atoms with van der Waals surface area (Å²) in [6.07, 6.45) is 35.2. The van der Waals surface area contributed by atoms with Crippen molar-refractivity contribution in [1.82, 2.24) is 4.90 Å². The van der Waals surface area contributed by atoms with Gasteiger partial charge in [0, 0.05) is 13.1 Å². The van der Waals surface area contributed by atoms with Gasteiger partial charge >= 0.3 is 0 Å². The van der Waals surface area contributed by atoms with E-state index in [1.807, 2.05) is 0 Å². The Hall–Kier alpha value is -1.59. The average molecular weight is 576 g/mol. The van der Waals surface area contributed by atoms with Crippen LogP contribution >= 0.6 is 0 Å². The van der Waals surface area contributed by atoms with Crippen molar-refractivity contribution in [1.29, 1.82) is 0 Å². The van der Waals surface area contributed by atoms with Crippen LogP contribution in [0.5, 0.6) is 0 Å². The highest BCUT2D eigenvalue weighted by Crippen LogP contribution is 2.14. The molecule has 1 aliphatic heterocycles. The van der Waals surface area contributed by atoms with E-state index in [0.717, 1.165) is 19.4 Å². The number of nitrogens with zero attached hydrogens (tertiary/aromatic N) is 1. The third-order valence-corrected chi connectivity index (χ3v) is 8.78. The quantitative estimate of drug-likeness (QED) is 0.0908. The Kier molecular flexibility index (Phi) is 24.0. The molecule has 1 aromatic rings. The van der Waals surface area contributed by atoms with E-state index in [1.165, 1.54) is 122 Å². The van der Waals surface area contributed by atoms with E-state index in [0.29, 0.717) is 0 Å². The van der Waals surface area contributed by atoms with Gasteiger partial charge in [-0.15, -0.1) is 0 Å². The molecule has 4 nitrogen and oxygen atoms in total. The average Bonchev–Trinajstić information content (AvgIpc) is 2.98. The number of rotatable bonds is 24. The lowest BCUT2D eigenvalue weighted by atomic mass is 10.1. The van der Waals surface area contributed by atoms with Crippen molar-refractivity contribution in [3.8, 4) is 0 Å². The zero-order chi connectivity index (χ0) is 29.0. The lowest BCUT2D eigenvalue weighted by Gasteiger charge is -2.20. The molecule has 0 aliphatic carbocycles. The lowest BCUT2D eigenvalue weighted by Crippen LogP contribution is -2.19. The van der Waals surface area contributed by atoms with Gasteiger partial charge in [0.1, 0.15) is 0 Å². The van der Waals surface area contributed by atoms with Crippen LogP contribution in [-0.2, 0) is 14.3 Å². The van der Waals surface area contributed by atoms with E-state index < -0.39 is 10.1 Å². The minimum Gasteiger partial charge on any atom is -0.374 e. The molecule has 0 aromatic heterocycles. The van der Waals surface area contributed by atoms with Gasteiger partial charge in [0.15, 0.2) is 0 Å².